The summed E-state index contributed by atoms with van der Waals surface area (Å²) >= 11 is 1.04. The molecule has 0 bridgehead atoms. The van der Waals surface area contributed by atoms with Crippen LogP contribution in [0.2, 0.25) is 0 Å². The Morgan fingerprint density at radius 1 is 1.24 bits per heavy atom. The molecule has 0 unspecified atom stereocenters. The van der Waals surface area contributed by atoms with Crippen LogP contribution in [0.1, 0.15) is 26.5 Å². The summed E-state index contributed by atoms with van der Waals surface area (Å²) in [5.41, 5.74) is 0.643. The second-order valence-corrected chi connectivity index (χ2v) is 5.19. The number of carbonyl (C=O) groups is 3. The van der Waals surface area contributed by atoms with Crippen LogP contribution < -0.4 is 5.32 Å². The summed E-state index contributed by atoms with van der Waals surface area (Å²) in [5, 5.41) is 2.86. The van der Waals surface area contributed by atoms with Gasteiger partial charge in [0.15, 0.2) is 0 Å². The van der Waals surface area contributed by atoms with E-state index in [-0.39, 0.29) is 6.54 Å². The number of rotatable bonds is 3. The van der Waals surface area contributed by atoms with Crippen molar-refractivity contribution in [1.82, 2.24) is 14.3 Å². The Labute approximate surface area is 123 Å². The molecule has 21 heavy (non-hydrogen) atoms. The van der Waals surface area contributed by atoms with E-state index in [1.54, 1.807) is 31.2 Å². The van der Waals surface area contributed by atoms with Gasteiger partial charge < -0.3 is 0 Å². The largest absolute Gasteiger partial charge is 0.299 e. The third-order valence-corrected chi connectivity index (χ3v) is 3.68. The van der Waals surface area contributed by atoms with Crippen LogP contribution in [-0.2, 0) is 4.79 Å². The fourth-order valence-corrected chi connectivity index (χ4v) is 2.62. The molecule has 2 heterocycles. The van der Waals surface area contributed by atoms with Gasteiger partial charge in [0.05, 0.1) is 11.1 Å². The number of hydrogen-bond acceptors (Lipinski definition) is 6. The van der Waals surface area contributed by atoms with Crippen LogP contribution in [0.15, 0.2) is 24.3 Å². The molecular weight excluding hydrogens is 292 g/mol. The standard InChI is InChI=1S/C13H10N4O3S/c1-7-14-13(21-16-7)15-10(18)6-17-11(19)8-4-2-3-5-9(8)12(17)20/h2-5H,6H2,1H3,(H,14,15,16,18). The number of aromatic nitrogens is 2. The summed E-state index contributed by atoms with van der Waals surface area (Å²) in [5.74, 6) is -0.852. The maximum Gasteiger partial charge on any atom is 0.262 e. The van der Waals surface area contributed by atoms with E-state index in [1.165, 1.54) is 0 Å². The van der Waals surface area contributed by atoms with Crippen molar-refractivity contribution in [2.75, 3.05) is 11.9 Å². The van der Waals surface area contributed by atoms with E-state index in [2.05, 4.69) is 14.7 Å². The second-order valence-electron chi connectivity index (χ2n) is 4.44. The zero-order chi connectivity index (χ0) is 15.0. The number of aryl methyl sites for hydroxylation is 1. The summed E-state index contributed by atoms with van der Waals surface area (Å²) in [4.78, 5) is 41.0. The Morgan fingerprint density at radius 3 is 2.38 bits per heavy atom. The zero-order valence-electron chi connectivity index (χ0n) is 11.0. The molecule has 3 rings (SSSR count). The van der Waals surface area contributed by atoms with Crippen LogP contribution >= 0.6 is 11.5 Å². The second kappa shape index (κ2) is 5.06. The van der Waals surface area contributed by atoms with E-state index in [9.17, 15) is 14.4 Å². The van der Waals surface area contributed by atoms with Gasteiger partial charge in [-0.3, -0.25) is 24.6 Å². The number of anilines is 1. The molecule has 0 radical (unpaired) electrons. The van der Waals surface area contributed by atoms with Gasteiger partial charge in [0.25, 0.3) is 11.8 Å². The summed E-state index contributed by atoms with van der Waals surface area (Å²) in [6.07, 6.45) is 0. The molecule has 0 spiro atoms. The van der Waals surface area contributed by atoms with Gasteiger partial charge >= 0.3 is 0 Å². The van der Waals surface area contributed by atoms with Gasteiger partial charge in [0.2, 0.25) is 11.0 Å². The SMILES string of the molecule is Cc1nsc(NC(=O)CN2C(=O)c3ccccc3C2=O)n1. The fourth-order valence-electron chi connectivity index (χ4n) is 2.03. The highest BCUT2D eigenvalue weighted by atomic mass is 32.1. The van der Waals surface area contributed by atoms with Crippen molar-refractivity contribution >= 4 is 34.4 Å². The summed E-state index contributed by atoms with van der Waals surface area (Å²) < 4.78 is 3.93. The van der Waals surface area contributed by atoms with Crippen LogP contribution in [0.3, 0.4) is 0 Å². The summed E-state index contributed by atoms with van der Waals surface area (Å²) in [6, 6.07) is 6.50. The van der Waals surface area contributed by atoms with Crippen LogP contribution in [-0.4, -0.2) is 38.5 Å². The smallest absolute Gasteiger partial charge is 0.262 e. The number of benzene rings is 1. The van der Waals surface area contributed by atoms with Gasteiger partial charge in [0.1, 0.15) is 12.4 Å². The first-order chi connectivity index (χ1) is 10.1. The van der Waals surface area contributed by atoms with E-state index in [1.807, 2.05) is 0 Å². The van der Waals surface area contributed by atoms with Gasteiger partial charge in [-0.25, -0.2) is 4.98 Å². The lowest BCUT2D eigenvalue weighted by Crippen LogP contribution is -2.37. The Kier molecular flexibility index (Phi) is 3.22. The first kappa shape index (κ1) is 13.4. The molecule has 1 aliphatic heterocycles. The predicted octanol–water partition coefficient (Wildman–Crippen LogP) is 1.08. The maximum atomic E-state index is 12.1. The van der Waals surface area contributed by atoms with Gasteiger partial charge in [-0.15, -0.1) is 0 Å². The Morgan fingerprint density at radius 2 is 1.86 bits per heavy atom. The van der Waals surface area contributed by atoms with Crippen LogP contribution in [0.25, 0.3) is 0 Å². The summed E-state index contributed by atoms with van der Waals surface area (Å²) in [6.45, 7) is 1.36. The lowest BCUT2D eigenvalue weighted by molar-refractivity contribution is -0.116. The molecule has 0 aliphatic carbocycles. The number of fused-ring (bicyclic) bond motifs is 1. The third kappa shape index (κ3) is 2.40. The van der Waals surface area contributed by atoms with E-state index in [0.717, 1.165) is 16.4 Å². The first-order valence-electron chi connectivity index (χ1n) is 6.11. The molecule has 1 aromatic carbocycles. The average molecular weight is 302 g/mol. The molecule has 2 aromatic rings. The molecule has 1 N–H and O–H groups in total. The number of nitrogens with one attached hydrogen (secondary N) is 1. The minimum atomic E-state index is -0.486. The maximum absolute atomic E-state index is 12.1. The molecule has 0 fully saturated rings. The molecule has 7 nitrogen and oxygen atoms in total. The minimum Gasteiger partial charge on any atom is -0.299 e. The predicted molar refractivity (Wildman–Crippen MR) is 75.1 cm³/mol. The quantitative estimate of drug-likeness (QED) is 0.857. The number of carbonyl (C=O) groups excluding carboxylic acids is 3. The third-order valence-electron chi connectivity index (χ3n) is 2.95. The van der Waals surface area contributed by atoms with E-state index in [4.69, 9.17) is 0 Å². The van der Waals surface area contributed by atoms with Crippen molar-refractivity contribution in [2.45, 2.75) is 6.92 Å². The topological polar surface area (TPSA) is 92.3 Å². The van der Waals surface area contributed by atoms with Crippen LogP contribution in [0.5, 0.6) is 0 Å². The minimum absolute atomic E-state index is 0.321. The first-order valence-corrected chi connectivity index (χ1v) is 6.89. The summed E-state index contributed by atoms with van der Waals surface area (Å²) in [7, 11) is 0. The zero-order valence-corrected chi connectivity index (χ0v) is 11.8. The van der Waals surface area contributed by atoms with E-state index < -0.39 is 17.7 Å². The molecule has 8 heteroatoms. The number of nitrogens with zero attached hydrogens (tertiary/aromatic N) is 3. The van der Waals surface area contributed by atoms with Crippen molar-refractivity contribution < 1.29 is 14.4 Å². The molecule has 106 valence electrons. The van der Waals surface area contributed by atoms with Gasteiger partial charge in [-0.05, 0) is 19.1 Å². The van der Waals surface area contributed by atoms with Crippen LogP contribution in [0, 0.1) is 6.92 Å². The normalized spacial score (nSPS) is 13.5. The van der Waals surface area contributed by atoms with Crippen molar-refractivity contribution in [1.29, 1.82) is 0 Å². The molecule has 1 aliphatic rings. The van der Waals surface area contributed by atoms with Gasteiger partial charge in [-0.2, -0.15) is 4.37 Å². The number of imide groups is 1. The molecule has 0 atom stereocenters. The Bertz CT molecular complexity index is 720. The fraction of sp³-hybridized carbons (Fsp3) is 0.154. The van der Waals surface area contributed by atoms with Crippen molar-refractivity contribution in [2.24, 2.45) is 0 Å². The van der Waals surface area contributed by atoms with Crippen molar-refractivity contribution in [3.05, 3.63) is 41.2 Å². The van der Waals surface area contributed by atoms with Crippen molar-refractivity contribution in [3.8, 4) is 0 Å². The molecule has 1 aromatic heterocycles. The Hall–Kier alpha value is -2.61. The lowest BCUT2D eigenvalue weighted by Gasteiger charge is -2.12. The average Bonchev–Trinajstić information content (AvgIpc) is 2.97. The number of amides is 3. The van der Waals surface area contributed by atoms with E-state index in [0.29, 0.717) is 22.1 Å². The highest BCUT2D eigenvalue weighted by Crippen LogP contribution is 2.22. The molecule has 0 saturated heterocycles. The number of hydrogen-bond donors (Lipinski definition) is 1. The van der Waals surface area contributed by atoms with Gasteiger partial charge in [-0.1, -0.05) is 12.1 Å². The molecule has 0 saturated carbocycles. The monoisotopic (exact) mass is 302 g/mol. The van der Waals surface area contributed by atoms with Crippen LogP contribution in [0.4, 0.5) is 5.13 Å². The lowest BCUT2D eigenvalue weighted by atomic mass is 10.1. The molecule has 3 amide bonds. The Balaban J connectivity index is 1.73. The molecular formula is C13H10N4O3S. The van der Waals surface area contributed by atoms with Gasteiger partial charge in [0, 0.05) is 11.5 Å². The van der Waals surface area contributed by atoms with E-state index >= 15 is 0 Å². The highest BCUT2D eigenvalue weighted by molar-refractivity contribution is 7.09. The highest BCUT2D eigenvalue weighted by Gasteiger charge is 2.36. The van der Waals surface area contributed by atoms with Crippen molar-refractivity contribution in [3.63, 3.8) is 0 Å².